The number of alkyl halides is 3. The topological polar surface area (TPSA) is 51.3 Å². The molecular formula is C14H12F3N3S. The van der Waals surface area contributed by atoms with Crippen molar-refractivity contribution in [1.82, 2.24) is 4.98 Å². The summed E-state index contributed by atoms with van der Waals surface area (Å²) >= 11 is 0.719. The Balaban J connectivity index is 2.14. The molecule has 0 bridgehead atoms. The Hall–Kier alpha value is -2.02. The highest BCUT2D eigenvalue weighted by atomic mass is 32.2. The number of aliphatic imine (C=N–C) groups is 1. The van der Waals surface area contributed by atoms with Crippen molar-refractivity contribution >= 4 is 23.3 Å². The Bertz CT molecular complexity index is 627. The average molecular weight is 311 g/mol. The summed E-state index contributed by atoms with van der Waals surface area (Å²) in [5.74, 6) is -0.643. The van der Waals surface area contributed by atoms with E-state index in [-0.39, 0.29) is 5.84 Å². The van der Waals surface area contributed by atoms with Gasteiger partial charge in [0.1, 0.15) is 5.84 Å². The van der Waals surface area contributed by atoms with Crippen molar-refractivity contribution in [2.75, 3.05) is 5.75 Å². The second kappa shape index (κ2) is 6.62. The van der Waals surface area contributed by atoms with Crippen LogP contribution in [0, 0.1) is 0 Å². The molecule has 1 aromatic heterocycles. The quantitative estimate of drug-likeness (QED) is 0.531. The molecule has 110 valence electrons. The van der Waals surface area contributed by atoms with Gasteiger partial charge < -0.3 is 5.73 Å². The van der Waals surface area contributed by atoms with E-state index in [1.807, 2.05) is 0 Å². The molecule has 0 radical (unpaired) electrons. The number of aromatic nitrogens is 1. The first-order valence-electron chi connectivity index (χ1n) is 5.98. The third kappa shape index (κ3) is 5.11. The van der Waals surface area contributed by atoms with Gasteiger partial charge in [0.25, 0.3) is 0 Å². The summed E-state index contributed by atoms with van der Waals surface area (Å²) in [7, 11) is 0. The highest BCUT2D eigenvalue weighted by molar-refractivity contribution is 7.99. The lowest BCUT2D eigenvalue weighted by Gasteiger charge is -2.06. The summed E-state index contributed by atoms with van der Waals surface area (Å²) in [5.41, 5.74) is 7.07. The van der Waals surface area contributed by atoms with E-state index in [1.165, 1.54) is 0 Å². The molecule has 0 aliphatic rings. The molecule has 0 saturated heterocycles. The zero-order valence-corrected chi connectivity index (χ0v) is 11.7. The first kappa shape index (κ1) is 15.4. The zero-order chi connectivity index (χ0) is 15.3. The van der Waals surface area contributed by atoms with Crippen LogP contribution in [0.3, 0.4) is 0 Å². The smallest absolute Gasteiger partial charge is 0.383 e. The van der Waals surface area contributed by atoms with Crippen LogP contribution in [0.5, 0.6) is 0 Å². The summed E-state index contributed by atoms with van der Waals surface area (Å²) in [5, 5.41) is 0. The molecule has 0 aliphatic heterocycles. The van der Waals surface area contributed by atoms with E-state index in [0.717, 1.165) is 11.8 Å². The van der Waals surface area contributed by atoms with E-state index in [1.54, 1.807) is 48.8 Å². The van der Waals surface area contributed by atoms with Crippen LogP contribution in [0.4, 0.5) is 18.9 Å². The summed E-state index contributed by atoms with van der Waals surface area (Å²) < 4.78 is 36.6. The van der Waals surface area contributed by atoms with E-state index in [9.17, 15) is 13.2 Å². The minimum atomic E-state index is -4.19. The number of hydrogen-bond donors (Lipinski definition) is 1. The monoisotopic (exact) mass is 311 g/mol. The van der Waals surface area contributed by atoms with Crippen molar-refractivity contribution in [3.05, 3.63) is 54.4 Å². The summed E-state index contributed by atoms with van der Waals surface area (Å²) in [6, 6.07) is 9.94. The molecular weight excluding hydrogens is 299 g/mol. The van der Waals surface area contributed by atoms with Gasteiger partial charge in [-0.05, 0) is 30.3 Å². The number of nitrogens with two attached hydrogens (primary N) is 1. The molecule has 1 aromatic carbocycles. The van der Waals surface area contributed by atoms with Crippen molar-refractivity contribution in [2.45, 2.75) is 11.1 Å². The van der Waals surface area contributed by atoms with Gasteiger partial charge in [0, 0.05) is 22.9 Å². The van der Waals surface area contributed by atoms with Gasteiger partial charge in [0.2, 0.25) is 0 Å². The molecule has 0 fully saturated rings. The second-order valence-corrected chi connectivity index (χ2v) is 5.18. The minimum Gasteiger partial charge on any atom is -0.383 e. The largest absolute Gasteiger partial charge is 0.398 e. The second-order valence-electron chi connectivity index (χ2n) is 4.13. The Morgan fingerprint density at radius 1 is 1.19 bits per heavy atom. The highest BCUT2D eigenvalue weighted by Gasteiger charge is 2.27. The Morgan fingerprint density at radius 3 is 2.57 bits per heavy atom. The van der Waals surface area contributed by atoms with Gasteiger partial charge in [-0.2, -0.15) is 13.2 Å². The minimum absolute atomic E-state index is 0.287. The first-order chi connectivity index (χ1) is 9.94. The first-order valence-corrected chi connectivity index (χ1v) is 6.97. The molecule has 0 aliphatic carbocycles. The maximum Gasteiger partial charge on any atom is 0.398 e. The van der Waals surface area contributed by atoms with Crippen molar-refractivity contribution in [1.29, 1.82) is 0 Å². The summed E-state index contributed by atoms with van der Waals surface area (Å²) in [6.45, 7) is 0. The molecule has 2 N–H and O–H groups in total. The predicted octanol–water partition coefficient (Wildman–Crippen LogP) is 3.77. The third-order valence-electron chi connectivity index (χ3n) is 2.45. The molecule has 7 heteroatoms. The average Bonchev–Trinajstić information content (AvgIpc) is 2.46. The lowest BCUT2D eigenvalue weighted by atomic mass is 10.2. The number of halogens is 3. The van der Waals surface area contributed by atoms with Crippen LogP contribution in [0.1, 0.15) is 5.56 Å². The van der Waals surface area contributed by atoms with Crippen LogP contribution in [0.25, 0.3) is 0 Å². The van der Waals surface area contributed by atoms with Gasteiger partial charge in [0.05, 0.1) is 11.4 Å². The number of rotatable bonds is 4. The number of hydrogen-bond acceptors (Lipinski definition) is 3. The van der Waals surface area contributed by atoms with Gasteiger partial charge in [-0.1, -0.05) is 6.07 Å². The summed E-state index contributed by atoms with van der Waals surface area (Å²) in [6.07, 6.45) is -1.01. The molecule has 0 atom stereocenters. The molecule has 3 nitrogen and oxygen atoms in total. The molecule has 2 rings (SSSR count). The third-order valence-corrected chi connectivity index (χ3v) is 3.50. The van der Waals surface area contributed by atoms with Crippen LogP contribution in [-0.4, -0.2) is 22.7 Å². The number of amidine groups is 1. The van der Waals surface area contributed by atoms with E-state index >= 15 is 0 Å². The molecule has 1 heterocycles. The normalized spacial score (nSPS) is 12.4. The molecule has 0 spiro atoms. The standard InChI is InChI=1S/C14H12F3N3S/c15-14(16,17)9-21-12-3-1-2-11(8-12)20-13(18)10-4-6-19-7-5-10/h1-8H,9H2,(H2,18,20). The van der Waals surface area contributed by atoms with E-state index < -0.39 is 11.9 Å². The SMILES string of the molecule is NC(=Nc1cccc(SCC(F)(F)F)c1)c1ccncc1. The van der Waals surface area contributed by atoms with Crippen LogP contribution in [0.2, 0.25) is 0 Å². The Labute approximate surface area is 124 Å². The van der Waals surface area contributed by atoms with Crippen molar-refractivity contribution < 1.29 is 13.2 Å². The molecule has 0 unspecified atom stereocenters. The Morgan fingerprint density at radius 2 is 1.90 bits per heavy atom. The molecule has 0 amide bonds. The summed E-state index contributed by atoms with van der Waals surface area (Å²) in [4.78, 5) is 8.58. The fraction of sp³-hybridized carbons (Fsp3) is 0.143. The van der Waals surface area contributed by atoms with E-state index in [0.29, 0.717) is 16.1 Å². The highest BCUT2D eigenvalue weighted by Crippen LogP contribution is 2.29. The Kier molecular flexibility index (Phi) is 4.85. The van der Waals surface area contributed by atoms with E-state index in [2.05, 4.69) is 9.98 Å². The van der Waals surface area contributed by atoms with E-state index in [4.69, 9.17) is 5.73 Å². The van der Waals surface area contributed by atoms with Crippen molar-refractivity contribution in [3.63, 3.8) is 0 Å². The molecule has 2 aromatic rings. The number of pyridine rings is 1. The zero-order valence-electron chi connectivity index (χ0n) is 10.8. The maximum absolute atomic E-state index is 12.2. The predicted molar refractivity (Wildman–Crippen MR) is 77.8 cm³/mol. The van der Waals surface area contributed by atoms with Crippen LogP contribution < -0.4 is 5.73 Å². The number of thioether (sulfide) groups is 1. The van der Waals surface area contributed by atoms with Gasteiger partial charge in [-0.3, -0.25) is 4.98 Å². The molecule has 0 saturated carbocycles. The van der Waals surface area contributed by atoms with Gasteiger partial charge >= 0.3 is 6.18 Å². The fourth-order valence-electron chi connectivity index (χ4n) is 1.53. The fourth-order valence-corrected chi connectivity index (χ4v) is 2.24. The lowest BCUT2D eigenvalue weighted by Crippen LogP contribution is -2.12. The van der Waals surface area contributed by atoms with Crippen molar-refractivity contribution in [2.24, 2.45) is 10.7 Å². The lowest BCUT2D eigenvalue weighted by molar-refractivity contribution is -0.105. The van der Waals surface area contributed by atoms with Gasteiger partial charge in [0.15, 0.2) is 0 Å². The van der Waals surface area contributed by atoms with Crippen LogP contribution in [-0.2, 0) is 0 Å². The van der Waals surface area contributed by atoms with Gasteiger partial charge in [-0.25, -0.2) is 4.99 Å². The molecule has 21 heavy (non-hydrogen) atoms. The maximum atomic E-state index is 12.2. The van der Waals surface area contributed by atoms with Crippen LogP contribution in [0.15, 0.2) is 58.7 Å². The number of nitrogens with zero attached hydrogens (tertiary/aromatic N) is 2. The van der Waals surface area contributed by atoms with Gasteiger partial charge in [-0.15, -0.1) is 11.8 Å². The van der Waals surface area contributed by atoms with Crippen LogP contribution >= 0.6 is 11.8 Å². The van der Waals surface area contributed by atoms with Crippen molar-refractivity contribution in [3.8, 4) is 0 Å². The number of benzene rings is 1.